The first-order chi connectivity index (χ1) is 21.8. The molecule has 4 aromatic rings. The van der Waals surface area contributed by atoms with Gasteiger partial charge < -0.3 is 15.5 Å². The maximum absolute atomic E-state index is 12.5. The van der Waals surface area contributed by atoms with E-state index in [0.29, 0.717) is 12.0 Å². The summed E-state index contributed by atoms with van der Waals surface area (Å²) in [7, 11) is 0.132. The molecule has 1 amide bonds. The molecule has 3 N–H and O–H groups in total. The number of carbonyl (C=O) groups excluding carboxylic acids is 1. The van der Waals surface area contributed by atoms with Crippen LogP contribution >= 0.6 is 7.26 Å². The summed E-state index contributed by atoms with van der Waals surface area (Å²) >= 11 is 0. The van der Waals surface area contributed by atoms with Crippen LogP contribution in [0.5, 0.6) is 0 Å². The Labute approximate surface area is 265 Å². The van der Waals surface area contributed by atoms with E-state index in [1.54, 1.807) is 0 Å². The van der Waals surface area contributed by atoms with Crippen LogP contribution in [-0.4, -0.2) is 49.6 Å². The Kier molecular flexibility index (Phi) is 12.8. The predicted octanol–water partition coefficient (Wildman–Crippen LogP) is 4.95. The molecule has 9 nitrogen and oxygen atoms in total. The molecule has 10 heteroatoms. The van der Waals surface area contributed by atoms with Crippen LogP contribution in [0.4, 0.5) is 5.69 Å². The Hall–Kier alpha value is -3.91. The van der Waals surface area contributed by atoms with Crippen LogP contribution in [0.2, 0.25) is 0 Å². The molecule has 0 fully saturated rings. The monoisotopic (exact) mass is 631 g/mol. The van der Waals surface area contributed by atoms with Crippen molar-refractivity contribution in [1.82, 2.24) is 15.1 Å². The standard InChI is InChI=1S/C35H43N4O5P/c1-38-26-32(25-36-38)45(30-15-9-7-10-16-30,31-17-11-8-12-18-31)24-14-6-4-2-3-5-13-19-34(41)37-33(27-40)35(42)28-20-22-29(23-21-28)39(43)44/h7-12,15-18,20-23,25-26,33,35,40,42H,2-6,13-14,19,24,27H2,1H3/p+1/t33-,35-/m1/s1. The summed E-state index contributed by atoms with van der Waals surface area (Å²) in [4.78, 5) is 22.8. The lowest BCUT2D eigenvalue weighted by Gasteiger charge is -2.26. The van der Waals surface area contributed by atoms with Crippen LogP contribution < -0.4 is 21.2 Å². The number of carbonyl (C=O) groups is 1. The van der Waals surface area contributed by atoms with E-state index in [1.165, 1.54) is 40.2 Å². The Morgan fingerprint density at radius 3 is 1.93 bits per heavy atom. The SMILES string of the molecule is Cn1cc([P+](CCCCCCCCCC(=O)N[C@H](CO)[C@H](O)c2ccc([N+](=O)[O-])cc2)(c2ccccc2)c2ccccc2)cn1. The number of aryl methyl sites for hydroxylation is 1. The number of unbranched alkanes of at least 4 members (excludes halogenated alkanes) is 6. The van der Waals surface area contributed by atoms with Gasteiger partial charge in [-0.3, -0.25) is 19.6 Å². The second kappa shape index (κ2) is 17.0. The van der Waals surface area contributed by atoms with E-state index in [0.717, 1.165) is 51.1 Å². The molecule has 1 heterocycles. The lowest BCUT2D eigenvalue weighted by molar-refractivity contribution is -0.384. The van der Waals surface area contributed by atoms with Crippen molar-refractivity contribution in [3.8, 4) is 0 Å². The zero-order valence-electron chi connectivity index (χ0n) is 25.9. The Bertz CT molecular complexity index is 1440. The second-order valence-corrected chi connectivity index (χ2v) is 15.1. The second-order valence-electron chi connectivity index (χ2n) is 11.5. The average molecular weight is 632 g/mol. The first-order valence-electron chi connectivity index (χ1n) is 15.7. The quantitative estimate of drug-likeness (QED) is 0.0617. The first kappa shape index (κ1) is 34.0. The molecule has 0 spiro atoms. The van der Waals surface area contributed by atoms with E-state index in [-0.39, 0.29) is 11.6 Å². The van der Waals surface area contributed by atoms with Gasteiger partial charge in [0.15, 0.2) is 0 Å². The fourth-order valence-corrected chi connectivity index (χ4v) is 10.2. The molecule has 238 valence electrons. The molecule has 2 atom stereocenters. The van der Waals surface area contributed by atoms with Crippen molar-refractivity contribution in [3.05, 3.63) is 113 Å². The van der Waals surface area contributed by atoms with Gasteiger partial charge in [-0.2, -0.15) is 5.10 Å². The van der Waals surface area contributed by atoms with Gasteiger partial charge in [0.2, 0.25) is 5.91 Å². The number of hydrogen-bond donors (Lipinski definition) is 3. The Balaban J connectivity index is 1.21. The summed E-state index contributed by atoms with van der Waals surface area (Å²) in [6.07, 6.45) is 11.7. The largest absolute Gasteiger partial charge is 0.394 e. The van der Waals surface area contributed by atoms with Gasteiger partial charge in [-0.15, -0.1) is 0 Å². The number of nitro benzene ring substituents is 1. The fraction of sp³-hybridized carbons (Fsp3) is 0.371. The molecule has 1 aromatic heterocycles. The normalized spacial score (nSPS) is 12.9. The van der Waals surface area contributed by atoms with Gasteiger partial charge in [0.05, 0.1) is 36.1 Å². The molecular weight excluding hydrogens is 587 g/mol. The number of aliphatic hydroxyl groups excluding tert-OH is 2. The molecular formula is C35H44N4O5P+. The lowest BCUT2D eigenvalue weighted by Crippen LogP contribution is -2.41. The number of nitro groups is 1. The highest BCUT2D eigenvalue weighted by Gasteiger charge is 2.45. The van der Waals surface area contributed by atoms with Crippen molar-refractivity contribution >= 4 is 34.8 Å². The Morgan fingerprint density at radius 2 is 1.42 bits per heavy atom. The van der Waals surface area contributed by atoms with Crippen molar-refractivity contribution in [1.29, 1.82) is 0 Å². The number of nitrogens with one attached hydrogen (secondary N) is 1. The van der Waals surface area contributed by atoms with Crippen LogP contribution in [-0.2, 0) is 11.8 Å². The number of amides is 1. The highest BCUT2D eigenvalue weighted by Crippen LogP contribution is 2.56. The summed E-state index contributed by atoms with van der Waals surface area (Å²) in [5.74, 6) is -0.229. The van der Waals surface area contributed by atoms with Crippen LogP contribution in [0.3, 0.4) is 0 Å². The van der Waals surface area contributed by atoms with Gasteiger partial charge in [-0.05, 0) is 61.2 Å². The van der Waals surface area contributed by atoms with Crippen molar-refractivity contribution in [3.63, 3.8) is 0 Å². The number of benzene rings is 3. The molecule has 0 aliphatic carbocycles. The van der Waals surface area contributed by atoms with E-state index < -0.39 is 30.9 Å². The minimum atomic E-state index is -1.85. The Morgan fingerprint density at radius 1 is 0.867 bits per heavy atom. The van der Waals surface area contributed by atoms with E-state index >= 15 is 0 Å². The maximum atomic E-state index is 12.5. The molecule has 0 radical (unpaired) electrons. The number of aliphatic hydroxyl groups is 2. The summed E-state index contributed by atoms with van der Waals surface area (Å²) in [5, 5.41) is 42.5. The lowest BCUT2D eigenvalue weighted by atomic mass is 10.0. The highest BCUT2D eigenvalue weighted by atomic mass is 31.2. The third-order valence-corrected chi connectivity index (χ3v) is 12.8. The minimum absolute atomic E-state index is 0.0887. The summed E-state index contributed by atoms with van der Waals surface area (Å²) in [6, 6.07) is 26.3. The van der Waals surface area contributed by atoms with Gasteiger partial charge in [-0.25, -0.2) is 0 Å². The summed E-state index contributed by atoms with van der Waals surface area (Å²) < 4.78 is 1.90. The van der Waals surface area contributed by atoms with Crippen molar-refractivity contribution in [2.24, 2.45) is 7.05 Å². The third kappa shape index (κ3) is 9.07. The van der Waals surface area contributed by atoms with Gasteiger partial charge in [0, 0.05) is 25.6 Å². The van der Waals surface area contributed by atoms with E-state index in [9.17, 15) is 25.1 Å². The van der Waals surface area contributed by atoms with Gasteiger partial charge in [0.1, 0.15) is 29.3 Å². The average Bonchev–Trinajstić information content (AvgIpc) is 3.51. The molecule has 0 saturated carbocycles. The van der Waals surface area contributed by atoms with E-state index in [4.69, 9.17) is 0 Å². The van der Waals surface area contributed by atoms with Crippen LogP contribution in [0.15, 0.2) is 97.3 Å². The number of aromatic nitrogens is 2. The van der Waals surface area contributed by atoms with E-state index in [1.807, 2.05) is 17.9 Å². The fourth-order valence-electron chi connectivity index (χ4n) is 5.85. The smallest absolute Gasteiger partial charge is 0.269 e. The molecule has 4 rings (SSSR count). The topological polar surface area (TPSA) is 131 Å². The number of hydrogen-bond acceptors (Lipinski definition) is 6. The molecule has 0 bridgehead atoms. The highest BCUT2D eigenvalue weighted by molar-refractivity contribution is 7.95. The third-order valence-electron chi connectivity index (χ3n) is 8.29. The summed E-state index contributed by atoms with van der Waals surface area (Å²) in [6.45, 7) is -0.442. The molecule has 45 heavy (non-hydrogen) atoms. The minimum Gasteiger partial charge on any atom is -0.394 e. The zero-order valence-corrected chi connectivity index (χ0v) is 26.8. The number of non-ortho nitro benzene ring substituents is 1. The van der Waals surface area contributed by atoms with Crippen LogP contribution in [0.1, 0.15) is 63.0 Å². The molecule has 3 aromatic carbocycles. The van der Waals surface area contributed by atoms with Gasteiger partial charge in [-0.1, -0.05) is 62.1 Å². The van der Waals surface area contributed by atoms with Crippen LogP contribution in [0, 0.1) is 10.1 Å². The van der Waals surface area contributed by atoms with Crippen molar-refractivity contribution in [2.45, 2.75) is 63.5 Å². The molecule has 0 unspecified atom stereocenters. The molecule has 0 aliphatic rings. The maximum Gasteiger partial charge on any atom is 0.269 e. The van der Waals surface area contributed by atoms with Crippen LogP contribution in [0.25, 0.3) is 0 Å². The predicted molar refractivity (Wildman–Crippen MR) is 181 cm³/mol. The van der Waals surface area contributed by atoms with Gasteiger partial charge >= 0.3 is 0 Å². The molecule has 0 aliphatic heterocycles. The zero-order chi connectivity index (χ0) is 32.1. The first-order valence-corrected chi connectivity index (χ1v) is 17.6. The summed E-state index contributed by atoms with van der Waals surface area (Å²) in [5.41, 5.74) is 0.307. The molecule has 0 saturated heterocycles. The van der Waals surface area contributed by atoms with Gasteiger partial charge in [0.25, 0.3) is 5.69 Å². The van der Waals surface area contributed by atoms with E-state index in [2.05, 4.69) is 77.3 Å². The van der Waals surface area contributed by atoms with Crippen molar-refractivity contribution in [2.75, 3.05) is 12.8 Å². The van der Waals surface area contributed by atoms with Crippen molar-refractivity contribution < 1.29 is 19.9 Å². The number of nitrogens with zero attached hydrogens (tertiary/aromatic N) is 3. The number of rotatable bonds is 18.